The number of benzene rings is 1. The van der Waals surface area contributed by atoms with Crippen molar-refractivity contribution < 1.29 is 0 Å². The third-order valence-electron chi connectivity index (χ3n) is 5.92. The summed E-state index contributed by atoms with van der Waals surface area (Å²) in [6, 6.07) is 7.95. The van der Waals surface area contributed by atoms with Gasteiger partial charge in [0.1, 0.15) is 0 Å². The number of nitrogens with zero attached hydrogens (tertiary/aromatic N) is 4. The van der Waals surface area contributed by atoms with E-state index in [0.29, 0.717) is 30.1 Å². The molecule has 30 heavy (non-hydrogen) atoms. The van der Waals surface area contributed by atoms with Crippen LogP contribution in [-0.2, 0) is 20.0 Å². The zero-order chi connectivity index (χ0) is 20.5. The monoisotopic (exact) mass is 427 g/mol. The van der Waals surface area contributed by atoms with Crippen LogP contribution in [0, 0.1) is 24.2 Å². The Labute approximate surface area is 181 Å². The van der Waals surface area contributed by atoms with Gasteiger partial charge in [0.2, 0.25) is 0 Å². The number of likely N-dealkylation sites (tertiary alicyclic amines) is 1. The lowest BCUT2D eigenvalue weighted by Gasteiger charge is -2.17. The standard InChI is InChI=1S/C22H25N5O2.ClH/c1-15-13-25(2)22(29)27(21(15)28)8-7-26-6-5-17(14-26)9-18-12-24-20-4-3-16(11-23)10-19(18)20;/h3-4,10,12-13,17,24H,5-9,14H2,1-2H3;1H. The molecule has 3 heterocycles. The minimum Gasteiger partial charge on any atom is -0.361 e. The number of rotatable bonds is 5. The minimum absolute atomic E-state index is 0. The minimum atomic E-state index is -0.261. The van der Waals surface area contributed by atoms with Gasteiger partial charge in [-0.1, -0.05) is 0 Å². The lowest BCUT2D eigenvalue weighted by Crippen LogP contribution is -2.42. The van der Waals surface area contributed by atoms with Crippen LogP contribution >= 0.6 is 12.4 Å². The summed E-state index contributed by atoms with van der Waals surface area (Å²) in [6.45, 7) is 4.77. The molecular weight excluding hydrogens is 402 g/mol. The van der Waals surface area contributed by atoms with Crippen molar-refractivity contribution in [3.05, 3.63) is 68.1 Å². The Kier molecular flexibility index (Phi) is 6.49. The van der Waals surface area contributed by atoms with Crippen molar-refractivity contribution in [2.24, 2.45) is 13.0 Å². The zero-order valence-corrected chi connectivity index (χ0v) is 18.0. The van der Waals surface area contributed by atoms with Gasteiger partial charge in [0.05, 0.1) is 11.6 Å². The average Bonchev–Trinajstić information content (AvgIpc) is 3.33. The van der Waals surface area contributed by atoms with Gasteiger partial charge in [-0.15, -0.1) is 12.4 Å². The molecule has 0 amide bonds. The molecule has 1 N–H and O–H groups in total. The summed E-state index contributed by atoms with van der Waals surface area (Å²) in [5.74, 6) is 0.525. The number of aryl methyl sites for hydroxylation is 2. The highest BCUT2D eigenvalue weighted by atomic mass is 35.5. The van der Waals surface area contributed by atoms with Crippen LogP contribution in [0.2, 0.25) is 0 Å². The van der Waals surface area contributed by atoms with E-state index >= 15 is 0 Å². The van der Waals surface area contributed by atoms with Crippen LogP contribution in [0.4, 0.5) is 0 Å². The van der Waals surface area contributed by atoms with Gasteiger partial charge in [0.25, 0.3) is 5.56 Å². The van der Waals surface area contributed by atoms with Crippen LogP contribution < -0.4 is 11.2 Å². The van der Waals surface area contributed by atoms with Crippen LogP contribution in [-0.4, -0.2) is 38.7 Å². The van der Waals surface area contributed by atoms with Gasteiger partial charge in [-0.05, 0) is 56.0 Å². The Morgan fingerprint density at radius 3 is 2.83 bits per heavy atom. The molecule has 3 aromatic rings. The first-order valence-electron chi connectivity index (χ1n) is 9.96. The lowest BCUT2D eigenvalue weighted by atomic mass is 9.98. The first-order chi connectivity index (χ1) is 14.0. The third kappa shape index (κ3) is 4.20. The predicted octanol–water partition coefficient (Wildman–Crippen LogP) is 2.19. The molecule has 1 atom stereocenters. The van der Waals surface area contributed by atoms with Crippen molar-refractivity contribution in [3.63, 3.8) is 0 Å². The number of aromatic amines is 1. The number of nitrogens with one attached hydrogen (secondary N) is 1. The van der Waals surface area contributed by atoms with E-state index < -0.39 is 0 Å². The van der Waals surface area contributed by atoms with Gasteiger partial charge in [-0.3, -0.25) is 9.36 Å². The van der Waals surface area contributed by atoms with Crippen molar-refractivity contribution >= 4 is 23.3 Å². The maximum atomic E-state index is 12.3. The number of H-pyrrole nitrogens is 1. The number of aromatic nitrogens is 3. The number of nitriles is 1. The van der Waals surface area contributed by atoms with E-state index in [2.05, 4.69) is 16.0 Å². The van der Waals surface area contributed by atoms with Gasteiger partial charge >= 0.3 is 5.69 Å². The van der Waals surface area contributed by atoms with Gasteiger partial charge in [-0.2, -0.15) is 5.26 Å². The smallest absolute Gasteiger partial charge is 0.330 e. The van der Waals surface area contributed by atoms with E-state index in [4.69, 9.17) is 5.26 Å². The summed E-state index contributed by atoms with van der Waals surface area (Å²) < 4.78 is 2.81. The molecule has 0 radical (unpaired) electrons. The van der Waals surface area contributed by atoms with E-state index in [0.717, 1.165) is 36.8 Å². The fraction of sp³-hybridized carbons (Fsp3) is 0.409. The van der Waals surface area contributed by atoms with E-state index in [-0.39, 0.29) is 23.7 Å². The molecule has 1 aromatic carbocycles. The van der Waals surface area contributed by atoms with Crippen LogP contribution in [0.1, 0.15) is 23.1 Å². The summed E-state index contributed by atoms with van der Waals surface area (Å²) in [5.41, 5.74) is 3.11. The highest BCUT2D eigenvalue weighted by molar-refractivity contribution is 5.85. The van der Waals surface area contributed by atoms with E-state index in [9.17, 15) is 9.59 Å². The molecule has 1 saturated heterocycles. The maximum absolute atomic E-state index is 12.3. The molecule has 4 rings (SSSR count). The lowest BCUT2D eigenvalue weighted by molar-refractivity contribution is 0.304. The summed E-state index contributed by atoms with van der Waals surface area (Å²) in [6.07, 6.45) is 5.68. The normalized spacial score (nSPS) is 16.5. The van der Waals surface area contributed by atoms with E-state index in [1.807, 2.05) is 24.4 Å². The molecule has 0 bridgehead atoms. The largest absolute Gasteiger partial charge is 0.361 e. The Morgan fingerprint density at radius 2 is 2.07 bits per heavy atom. The molecule has 0 saturated carbocycles. The molecule has 1 fully saturated rings. The van der Waals surface area contributed by atoms with Gasteiger partial charge in [-0.25, -0.2) is 4.79 Å². The second-order valence-corrected chi connectivity index (χ2v) is 8.01. The Balaban J connectivity index is 0.00000256. The van der Waals surface area contributed by atoms with Crippen LogP contribution in [0.15, 0.2) is 40.2 Å². The molecule has 1 aliphatic rings. The van der Waals surface area contributed by atoms with Crippen molar-refractivity contribution in [2.75, 3.05) is 19.6 Å². The molecule has 0 spiro atoms. The van der Waals surface area contributed by atoms with E-state index in [1.165, 1.54) is 14.7 Å². The second-order valence-electron chi connectivity index (χ2n) is 8.01. The van der Waals surface area contributed by atoms with Gasteiger partial charge < -0.3 is 14.5 Å². The van der Waals surface area contributed by atoms with Crippen molar-refractivity contribution in [3.8, 4) is 6.07 Å². The fourth-order valence-electron chi connectivity index (χ4n) is 4.34. The maximum Gasteiger partial charge on any atom is 0.330 e. The Morgan fingerprint density at radius 1 is 1.27 bits per heavy atom. The molecule has 8 heteroatoms. The first kappa shape index (κ1) is 21.9. The van der Waals surface area contributed by atoms with Crippen molar-refractivity contribution in [2.45, 2.75) is 26.3 Å². The second kappa shape index (κ2) is 8.90. The predicted molar refractivity (Wildman–Crippen MR) is 119 cm³/mol. The number of hydrogen-bond donors (Lipinski definition) is 1. The Bertz CT molecular complexity index is 1180. The quantitative estimate of drug-likeness (QED) is 0.676. The van der Waals surface area contributed by atoms with Crippen molar-refractivity contribution in [1.82, 2.24) is 19.0 Å². The first-order valence-corrected chi connectivity index (χ1v) is 9.96. The summed E-state index contributed by atoms with van der Waals surface area (Å²) in [7, 11) is 1.68. The van der Waals surface area contributed by atoms with Crippen molar-refractivity contribution in [1.29, 1.82) is 5.26 Å². The molecular formula is C22H26ClN5O2. The number of halogens is 1. The van der Waals surface area contributed by atoms with E-state index in [1.54, 1.807) is 20.2 Å². The summed E-state index contributed by atoms with van der Waals surface area (Å²) >= 11 is 0. The van der Waals surface area contributed by atoms with Crippen LogP contribution in [0.25, 0.3) is 10.9 Å². The zero-order valence-electron chi connectivity index (χ0n) is 17.2. The van der Waals surface area contributed by atoms with Crippen LogP contribution in [0.3, 0.4) is 0 Å². The van der Waals surface area contributed by atoms with Gasteiger partial charge in [0, 0.05) is 55.5 Å². The molecule has 1 aliphatic heterocycles. The molecule has 7 nitrogen and oxygen atoms in total. The fourth-order valence-corrected chi connectivity index (χ4v) is 4.34. The summed E-state index contributed by atoms with van der Waals surface area (Å²) in [4.78, 5) is 30.2. The highest BCUT2D eigenvalue weighted by Gasteiger charge is 2.23. The average molecular weight is 428 g/mol. The third-order valence-corrected chi connectivity index (χ3v) is 5.92. The topological polar surface area (TPSA) is 86.8 Å². The molecule has 0 aliphatic carbocycles. The molecule has 2 aromatic heterocycles. The van der Waals surface area contributed by atoms with Gasteiger partial charge in [0.15, 0.2) is 0 Å². The number of hydrogen-bond acceptors (Lipinski definition) is 4. The molecule has 158 valence electrons. The number of fused-ring (bicyclic) bond motifs is 1. The highest BCUT2D eigenvalue weighted by Crippen LogP contribution is 2.26. The Hall–Kier alpha value is -2.82. The van der Waals surface area contributed by atoms with Crippen LogP contribution in [0.5, 0.6) is 0 Å². The SMILES string of the molecule is Cc1cn(C)c(=O)n(CCN2CCC(Cc3c[nH]c4ccc(C#N)cc34)C2)c1=O.Cl. The molecule has 1 unspecified atom stereocenters. The summed E-state index contributed by atoms with van der Waals surface area (Å²) in [5, 5.41) is 10.3.